The third-order valence-corrected chi connectivity index (χ3v) is 5.20. The number of aliphatic hydroxyl groups excluding tert-OH is 1. The highest BCUT2D eigenvalue weighted by molar-refractivity contribution is 5.78. The number of nitrogens with two attached hydrogens (primary N) is 1. The summed E-state index contributed by atoms with van der Waals surface area (Å²) in [5.41, 5.74) is 10.6. The van der Waals surface area contributed by atoms with Gasteiger partial charge in [-0.15, -0.1) is 0 Å². The van der Waals surface area contributed by atoms with Gasteiger partial charge in [-0.05, 0) is 73.1 Å². The highest BCUT2D eigenvalue weighted by Crippen LogP contribution is 2.31. The number of aryl methyl sites for hydroxylation is 3. The summed E-state index contributed by atoms with van der Waals surface area (Å²) in [4.78, 5) is 20.1. The lowest BCUT2D eigenvalue weighted by molar-refractivity contribution is -0.127. The molecule has 1 aromatic carbocycles. The molecule has 2 aromatic heterocycles. The molecule has 0 bridgehead atoms. The predicted molar refractivity (Wildman–Crippen MR) is 121 cm³/mol. The van der Waals surface area contributed by atoms with Gasteiger partial charge in [-0.1, -0.05) is 25.9 Å². The van der Waals surface area contributed by atoms with E-state index in [9.17, 15) is 9.90 Å². The van der Waals surface area contributed by atoms with Crippen molar-refractivity contribution < 1.29 is 19.2 Å². The number of benzene rings is 1. The summed E-state index contributed by atoms with van der Waals surface area (Å²) in [5.74, 6) is 1.15. The van der Waals surface area contributed by atoms with Crippen LogP contribution in [-0.4, -0.2) is 38.8 Å². The van der Waals surface area contributed by atoms with E-state index >= 15 is 0 Å². The fraction of sp³-hybridized carbons (Fsp3) is 0.417. The number of carbonyl (C=O) groups is 1. The molecule has 3 N–H and O–H groups in total. The second-order valence-electron chi connectivity index (χ2n) is 8.38. The molecular weight excluding hydrogens is 408 g/mol. The summed E-state index contributed by atoms with van der Waals surface area (Å²) < 4.78 is 11.2. The van der Waals surface area contributed by atoms with Crippen LogP contribution < -0.4 is 10.5 Å². The molecule has 0 fully saturated rings. The first-order chi connectivity index (χ1) is 15.2. The Morgan fingerprint density at radius 3 is 2.56 bits per heavy atom. The Hall–Kier alpha value is -3.26. The Morgan fingerprint density at radius 1 is 1.19 bits per heavy atom. The van der Waals surface area contributed by atoms with Crippen LogP contribution >= 0.6 is 0 Å². The van der Waals surface area contributed by atoms with Gasteiger partial charge in [0.15, 0.2) is 6.10 Å². The molecule has 0 radical (unpaired) electrons. The van der Waals surface area contributed by atoms with E-state index in [1.54, 1.807) is 0 Å². The maximum absolute atomic E-state index is 11.1. The molecule has 2 heterocycles. The average molecular weight is 439 g/mol. The van der Waals surface area contributed by atoms with E-state index in [4.69, 9.17) is 15.0 Å². The number of rotatable bonds is 9. The van der Waals surface area contributed by atoms with Crippen molar-refractivity contribution in [2.75, 3.05) is 6.61 Å². The fourth-order valence-electron chi connectivity index (χ4n) is 3.49. The van der Waals surface area contributed by atoms with Crippen LogP contribution in [0.5, 0.6) is 5.75 Å². The SMILES string of the molecule is CCc1cc(-c2noc(-c3cc(C)c(CC(C)C)cn3)n2)cc(C)c1OC[C@H](O)C(N)=O. The number of pyridine rings is 1. The molecule has 0 spiro atoms. The van der Waals surface area contributed by atoms with Crippen molar-refractivity contribution in [2.24, 2.45) is 11.7 Å². The number of amides is 1. The molecule has 3 rings (SSSR count). The summed E-state index contributed by atoms with van der Waals surface area (Å²) in [6, 6.07) is 5.76. The van der Waals surface area contributed by atoms with Gasteiger partial charge in [0.1, 0.15) is 18.1 Å². The second-order valence-corrected chi connectivity index (χ2v) is 8.38. The van der Waals surface area contributed by atoms with Crippen LogP contribution in [0, 0.1) is 19.8 Å². The largest absolute Gasteiger partial charge is 0.490 e. The highest BCUT2D eigenvalue weighted by Gasteiger charge is 2.18. The maximum atomic E-state index is 11.1. The molecule has 8 nitrogen and oxygen atoms in total. The van der Waals surface area contributed by atoms with Crippen LogP contribution in [-0.2, 0) is 17.6 Å². The lowest BCUT2D eigenvalue weighted by Gasteiger charge is -2.16. The number of ether oxygens (including phenoxy) is 1. The number of primary amides is 1. The summed E-state index contributed by atoms with van der Waals surface area (Å²) >= 11 is 0. The summed E-state index contributed by atoms with van der Waals surface area (Å²) in [6.07, 6.45) is 2.17. The summed E-state index contributed by atoms with van der Waals surface area (Å²) in [6.45, 7) is 10.1. The fourth-order valence-corrected chi connectivity index (χ4v) is 3.49. The molecular formula is C24H30N4O4. The summed E-state index contributed by atoms with van der Waals surface area (Å²) in [5, 5.41) is 13.8. The zero-order valence-electron chi connectivity index (χ0n) is 19.2. The standard InChI is InChI=1S/C24H30N4O4/c1-6-16-10-17(8-15(5)21(16)31-12-20(29)22(25)30)23-27-24(32-28-23)19-9-14(4)18(11-26-19)7-13(2)3/h8-11,13,20,29H,6-7,12H2,1-5H3,(H2,25,30)/t20-/m0/s1. The Balaban J connectivity index is 1.86. The van der Waals surface area contributed by atoms with E-state index in [0.29, 0.717) is 35.5 Å². The van der Waals surface area contributed by atoms with Gasteiger partial charge in [0.25, 0.3) is 5.89 Å². The molecule has 32 heavy (non-hydrogen) atoms. The quantitative estimate of drug-likeness (QED) is 0.524. The van der Waals surface area contributed by atoms with Gasteiger partial charge in [-0.3, -0.25) is 9.78 Å². The molecule has 1 atom stereocenters. The third kappa shape index (κ3) is 5.31. The Bertz CT molecular complexity index is 1110. The molecule has 170 valence electrons. The van der Waals surface area contributed by atoms with Gasteiger partial charge >= 0.3 is 0 Å². The van der Waals surface area contributed by atoms with Gasteiger partial charge in [0.05, 0.1) is 0 Å². The normalized spacial score (nSPS) is 12.2. The zero-order valence-corrected chi connectivity index (χ0v) is 19.2. The minimum atomic E-state index is -1.36. The number of aromatic nitrogens is 3. The van der Waals surface area contributed by atoms with Crippen molar-refractivity contribution in [3.05, 3.63) is 46.6 Å². The van der Waals surface area contributed by atoms with Gasteiger partial charge in [0.2, 0.25) is 11.7 Å². The van der Waals surface area contributed by atoms with Gasteiger partial charge in [0, 0.05) is 11.8 Å². The average Bonchev–Trinajstić information content (AvgIpc) is 3.23. The Labute approximate surface area is 187 Å². The molecule has 0 saturated heterocycles. The number of aliphatic hydroxyl groups is 1. The first-order valence-corrected chi connectivity index (χ1v) is 10.7. The highest BCUT2D eigenvalue weighted by atomic mass is 16.5. The van der Waals surface area contributed by atoms with Crippen LogP contribution in [0.2, 0.25) is 0 Å². The topological polar surface area (TPSA) is 124 Å². The van der Waals surface area contributed by atoms with Crippen LogP contribution in [0.25, 0.3) is 23.0 Å². The van der Waals surface area contributed by atoms with E-state index in [1.807, 2.05) is 38.2 Å². The Morgan fingerprint density at radius 2 is 1.94 bits per heavy atom. The van der Waals surface area contributed by atoms with Gasteiger partial charge in [-0.25, -0.2) is 0 Å². The minimum Gasteiger partial charge on any atom is -0.490 e. The van der Waals surface area contributed by atoms with Crippen molar-refractivity contribution in [3.8, 4) is 28.7 Å². The monoisotopic (exact) mass is 438 g/mol. The molecule has 0 saturated carbocycles. The van der Waals surface area contributed by atoms with Crippen molar-refractivity contribution in [3.63, 3.8) is 0 Å². The van der Waals surface area contributed by atoms with Crippen molar-refractivity contribution >= 4 is 5.91 Å². The smallest absolute Gasteiger partial charge is 0.276 e. The van der Waals surface area contributed by atoms with E-state index in [0.717, 1.165) is 28.7 Å². The van der Waals surface area contributed by atoms with E-state index in [1.165, 1.54) is 5.56 Å². The number of nitrogens with zero attached hydrogens (tertiary/aromatic N) is 3. The summed E-state index contributed by atoms with van der Waals surface area (Å²) in [7, 11) is 0. The molecule has 0 aliphatic rings. The molecule has 1 amide bonds. The minimum absolute atomic E-state index is 0.202. The first-order valence-electron chi connectivity index (χ1n) is 10.7. The van der Waals surface area contributed by atoms with E-state index in [2.05, 4.69) is 35.9 Å². The maximum Gasteiger partial charge on any atom is 0.276 e. The van der Waals surface area contributed by atoms with E-state index < -0.39 is 12.0 Å². The zero-order chi connectivity index (χ0) is 23.4. The second kappa shape index (κ2) is 9.91. The number of hydrogen-bond donors (Lipinski definition) is 2. The molecule has 0 aliphatic carbocycles. The van der Waals surface area contributed by atoms with Crippen LogP contribution in [0.4, 0.5) is 0 Å². The predicted octanol–water partition coefficient (Wildman–Crippen LogP) is 3.40. The molecule has 0 unspecified atom stereocenters. The number of hydrogen-bond acceptors (Lipinski definition) is 7. The van der Waals surface area contributed by atoms with Crippen LogP contribution in [0.1, 0.15) is 43.0 Å². The van der Waals surface area contributed by atoms with Crippen molar-refractivity contribution in [2.45, 2.75) is 53.6 Å². The Kier molecular flexibility index (Phi) is 7.25. The van der Waals surface area contributed by atoms with Crippen LogP contribution in [0.15, 0.2) is 28.9 Å². The van der Waals surface area contributed by atoms with Crippen molar-refractivity contribution in [1.82, 2.24) is 15.1 Å². The molecule has 3 aromatic rings. The number of carbonyl (C=O) groups excluding carboxylic acids is 1. The van der Waals surface area contributed by atoms with Gasteiger partial charge < -0.3 is 20.1 Å². The molecule has 8 heteroatoms. The van der Waals surface area contributed by atoms with Crippen molar-refractivity contribution in [1.29, 1.82) is 0 Å². The lowest BCUT2D eigenvalue weighted by atomic mass is 10.0. The van der Waals surface area contributed by atoms with E-state index in [-0.39, 0.29) is 6.61 Å². The molecule has 0 aliphatic heterocycles. The first kappa shape index (κ1) is 23.4. The third-order valence-electron chi connectivity index (χ3n) is 5.20. The van der Waals surface area contributed by atoms with Gasteiger partial charge in [-0.2, -0.15) is 4.98 Å². The van der Waals surface area contributed by atoms with Crippen LogP contribution in [0.3, 0.4) is 0 Å². The lowest BCUT2D eigenvalue weighted by Crippen LogP contribution is -2.33.